The van der Waals surface area contributed by atoms with Gasteiger partial charge in [0.1, 0.15) is 5.75 Å². The van der Waals surface area contributed by atoms with Gasteiger partial charge in [-0.2, -0.15) is 0 Å². The molecule has 0 aromatic heterocycles. The van der Waals surface area contributed by atoms with Gasteiger partial charge in [-0.15, -0.1) is 6.58 Å². The highest BCUT2D eigenvalue weighted by atomic mass is 16.5. The van der Waals surface area contributed by atoms with Gasteiger partial charge in [0.05, 0.1) is 7.11 Å². The van der Waals surface area contributed by atoms with E-state index in [1.165, 1.54) is 5.56 Å². The lowest BCUT2D eigenvalue weighted by Gasteiger charge is -2.19. The summed E-state index contributed by atoms with van der Waals surface area (Å²) >= 11 is 0. The van der Waals surface area contributed by atoms with Crippen LogP contribution in [0.4, 0.5) is 0 Å². The summed E-state index contributed by atoms with van der Waals surface area (Å²) in [7, 11) is 1.69. The first kappa shape index (κ1) is 11.8. The van der Waals surface area contributed by atoms with Crippen molar-refractivity contribution in [2.24, 2.45) is 5.92 Å². The van der Waals surface area contributed by atoms with Crippen LogP contribution in [0.3, 0.4) is 0 Å². The van der Waals surface area contributed by atoms with E-state index in [1.807, 2.05) is 18.2 Å². The molecule has 0 saturated heterocycles. The van der Waals surface area contributed by atoms with Gasteiger partial charge in [0.2, 0.25) is 0 Å². The maximum absolute atomic E-state index is 5.15. The van der Waals surface area contributed by atoms with Crippen LogP contribution in [-0.2, 0) is 0 Å². The third kappa shape index (κ3) is 3.12. The molecule has 1 rings (SSSR count). The maximum atomic E-state index is 5.15. The summed E-state index contributed by atoms with van der Waals surface area (Å²) < 4.78 is 5.15. The number of hydrogen-bond acceptors (Lipinski definition) is 1. The van der Waals surface area contributed by atoms with Crippen LogP contribution in [0.5, 0.6) is 5.75 Å². The summed E-state index contributed by atoms with van der Waals surface area (Å²) in [6, 6.07) is 8.33. The zero-order valence-corrected chi connectivity index (χ0v) is 9.86. The molecule has 0 spiro atoms. The molecule has 0 aliphatic rings. The third-order valence-corrected chi connectivity index (χ3v) is 2.77. The van der Waals surface area contributed by atoms with Gasteiger partial charge in [-0.25, -0.2) is 0 Å². The Kier molecular flexibility index (Phi) is 4.41. The molecule has 0 aliphatic heterocycles. The Morgan fingerprint density at radius 1 is 1.27 bits per heavy atom. The Morgan fingerprint density at radius 3 is 2.27 bits per heavy atom. The highest BCUT2D eigenvalue weighted by Crippen LogP contribution is 2.29. The van der Waals surface area contributed by atoms with Gasteiger partial charge < -0.3 is 4.74 Å². The Bertz CT molecular complexity index is 298. The number of methoxy groups -OCH3 is 1. The maximum Gasteiger partial charge on any atom is 0.118 e. The van der Waals surface area contributed by atoms with Crippen molar-refractivity contribution in [2.75, 3.05) is 7.11 Å². The van der Waals surface area contributed by atoms with Crippen molar-refractivity contribution in [1.29, 1.82) is 0 Å². The van der Waals surface area contributed by atoms with Crippen LogP contribution in [0.25, 0.3) is 0 Å². The second-order valence-electron chi connectivity index (χ2n) is 4.15. The Balaban J connectivity index is 2.86. The van der Waals surface area contributed by atoms with Gasteiger partial charge in [-0.3, -0.25) is 0 Å². The number of benzene rings is 1. The molecule has 1 heteroatoms. The van der Waals surface area contributed by atoms with Crippen LogP contribution in [0.1, 0.15) is 31.7 Å². The average Bonchev–Trinajstić information content (AvgIpc) is 2.26. The van der Waals surface area contributed by atoms with E-state index in [9.17, 15) is 0 Å². The van der Waals surface area contributed by atoms with Crippen molar-refractivity contribution in [2.45, 2.75) is 26.2 Å². The summed E-state index contributed by atoms with van der Waals surface area (Å²) in [5.41, 5.74) is 1.37. The molecule has 0 heterocycles. The van der Waals surface area contributed by atoms with Crippen molar-refractivity contribution in [3.63, 3.8) is 0 Å². The summed E-state index contributed by atoms with van der Waals surface area (Å²) in [5, 5.41) is 0. The smallest absolute Gasteiger partial charge is 0.118 e. The molecule has 0 fully saturated rings. The molecule has 0 aliphatic carbocycles. The number of rotatable bonds is 5. The largest absolute Gasteiger partial charge is 0.497 e. The van der Waals surface area contributed by atoms with Crippen LogP contribution in [0, 0.1) is 5.92 Å². The highest BCUT2D eigenvalue weighted by Gasteiger charge is 2.13. The van der Waals surface area contributed by atoms with Crippen molar-refractivity contribution < 1.29 is 4.74 Å². The number of allylic oxidation sites excluding steroid dienone is 1. The van der Waals surface area contributed by atoms with Crippen molar-refractivity contribution in [3.8, 4) is 5.75 Å². The fourth-order valence-electron chi connectivity index (χ4n) is 1.82. The summed E-state index contributed by atoms with van der Waals surface area (Å²) in [5.74, 6) is 2.12. The fourth-order valence-corrected chi connectivity index (χ4v) is 1.82. The van der Waals surface area contributed by atoms with Gasteiger partial charge in [-0.1, -0.05) is 32.1 Å². The molecule has 0 N–H and O–H groups in total. The minimum Gasteiger partial charge on any atom is -0.497 e. The fraction of sp³-hybridized carbons (Fsp3) is 0.429. The molecule has 1 nitrogen and oxygen atoms in total. The lowest BCUT2D eigenvalue weighted by molar-refractivity contribution is 0.414. The lowest BCUT2D eigenvalue weighted by atomic mass is 9.86. The molecule has 1 aromatic carbocycles. The van der Waals surface area contributed by atoms with Gasteiger partial charge in [0.25, 0.3) is 0 Å². The first-order valence-electron chi connectivity index (χ1n) is 5.44. The Labute approximate surface area is 92.8 Å². The quantitative estimate of drug-likeness (QED) is 0.658. The van der Waals surface area contributed by atoms with Gasteiger partial charge in [0, 0.05) is 0 Å². The molecule has 1 atom stereocenters. The average molecular weight is 204 g/mol. The molecule has 82 valence electrons. The first-order chi connectivity index (χ1) is 7.19. The first-order valence-corrected chi connectivity index (χ1v) is 5.44. The Morgan fingerprint density at radius 2 is 1.87 bits per heavy atom. The van der Waals surface area contributed by atoms with Gasteiger partial charge in [-0.05, 0) is 36.0 Å². The summed E-state index contributed by atoms with van der Waals surface area (Å²) in [6.07, 6.45) is 3.03. The standard InChI is InChI=1S/C14H20O/c1-5-6-14(11(2)3)12-7-9-13(15-4)10-8-12/h5,7-11,14H,1,6H2,2-4H3. The lowest BCUT2D eigenvalue weighted by Crippen LogP contribution is -2.05. The van der Waals surface area contributed by atoms with Crippen LogP contribution in [-0.4, -0.2) is 7.11 Å². The van der Waals surface area contributed by atoms with E-state index in [2.05, 4.69) is 32.6 Å². The summed E-state index contributed by atoms with van der Waals surface area (Å²) in [6.45, 7) is 8.31. The molecular formula is C14H20O. The van der Waals surface area contributed by atoms with E-state index in [-0.39, 0.29) is 0 Å². The van der Waals surface area contributed by atoms with Crippen molar-refractivity contribution >= 4 is 0 Å². The molecular weight excluding hydrogens is 184 g/mol. The molecule has 0 radical (unpaired) electrons. The van der Waals surface area contributed by atoms with E-state index >= 15 is 0 Å². The van der Waals surface area contributed by atoms with Crippen LogP contribution < -0.4 is 4.74 Å². The van der Waals surface area contributed by atoms with Crippen molar-refractivity contribution in [1.82, 2.24) is 0 Å². The SMILES string of the molecule is C=CCC(c1ccc(OC)cc1)C(C)C. The van der Waals surface area contributed by atoms with Gasteiger partial charge >= 0.3 is 0 Å². The topological polar surface area (TPSA) is 9.23 Å². The monoisotopic (exact) mass is 204 g/mol. The summed E-state index contributed by atoms with van der Waals surface area (Å²) in [4.78, 5) is 0. The molecule has 1 aromatic rings. The van der Waals surface area contributed by atoms with Crippen LogP contribution in [0.2, 0.25) is 0 Å². The third-order valence-electron chi connectivity index (χ3n) is 2.77. The minimum atomic E-state index is 0.563. The zero-order chi connectivity index (χ0) is 11.3. The predicted octanol–water partition coefficient (Wildman–Crippen LogP) is 4.01. The van der Waals surface area contributed by atoms with E-state index in [0.717, 1.165) is 12.2 Å². The van der Waals surface area contributed by atoms with E-state index in [1.54, 1.807) is 7.11 Å². The van der Waals surface area contributed by atoms with Crippen LogP contribution >= 0.6 is 0 Å². The molecule has 0 bridgehead atoms. The molecule has 0 amide bonds. The second-order valence-corrected chi connectivity index (χ2v) is 4.15. The zero-order valence-electron chi connectivity index (χ0n) is 9.86. The molecule has 0 saturated carbocycles. The van der Waals surface area contributed by atoms with Crippen LogP contribution in [0.15, 0.2) is 36.9 Å². The normalized spacial score (nSPS) is 12.5. The van der Waals surface area contributed by atoms with E-state index < -0.39 is 0 Å². The van der Waals surface area contributed by atoms with Crippen molar-refractivity contribution in [3.05, 3.63) is 42.5 Å². The predicted molar refractivity (Wildman–Crippen MR) is 65.4 cm³/mol. The van der Waals surface area contributed by atoms with E-state index in [4.69, 9.17) is 4.74 Å². The molecule has 1 unspecified atom stereocenters. The van der Waals surface area contributed by atoms with Gasteiger partial charge in [0.15, 0.2) is 0 Å². The minimum absolute atomic E-state index is 0.563. The number of hydrogen-bond donors (Lipinski definition) is 0. The van der Waals surface area contributed by atoms with E-state index in [0.29, 0.717) is 11.8 Å². The Hall–Kier alpha value is -1.24. The molecule has 15 heavy (non-hydrogen) atoms. The highest BCUT2D eigenvalue weighted by molar-refractivity contribution is 5.29. The second kappa shape index (κ2) is 5.59. The number of ether oxygens (including phenoxy) is 1.